The molecular weight excluding hydrogens is 304 g/mol. The lowest BCUT2D eigenvalue weighted by atomic mass is 9.91. The molecule has 5 heteroatoms. The van der Waals surface area contributed by atoms with Gasteiger partial charge in [-0.3, -0.25) is 4.99 Å². The number of allylic oxidation sites excluding steroid dienone is 2. The standard InChI is InChI=1S/C18H26N4S/c1-5-13(6-2)15(9-11(3)20)18-21-12(4)16(22-18)17-14(10-19)7-8-23-17/h7-9,12-14,16-17,20H,5-6H2,1-4H3,(H,21,22)/b15-9-,20-11?. The SMILES string of the molecule is CCC(CC)/C(=C/C(C)=N)C1=NC(C2SC=CC2C#N)C(C)N1. The van der Waals surface area contributed by atoms with Crippen LogP contribution in [-0.4, -0.2) is 28.9 Å². The van der Waals surface area contributed by atoms with E-state index >= 15 is 0 Å². The second kappa shape index (κ2) is 7.83. The number of nitriles is 1. The first-order valence-electron chi connectivity index (χ1n) is 8.34. The maximum atomic E-state index is 9.32. The van der Waals surface area contributed by atoms with Crippen LogP contribution >= 0.6 is 11.8 Å². The van der Waals surface area contributed by atoms with Gasteiger partial charge in [0, 0.05) is 11.8 Å². The second-order valence-electron chi connectivity index (χ2n) is 6.28. The van der Waals surface area contributed by atoms with Crippen LogP contribution in [0.4, 0.5) is 0 Å². The van der Waals surface area contributed by atoms with Crippen molar-refractivity contribution in [2.24, 2.45) is 16.8 Å². The van der Waals surface area contributed by atoms with Crippen molar-refractivity contribution in [2.45, 2.75) is 57.9 Å². The number of rotatable bonds is 6. The third-order valence-corrected chi connectivity index (χ3v) is 5.79. The summed E-state index contributed by atoms with van der Waals surface area (Å²) in [6, 6.07) is 2.69. The molecule has 0 saturated carbocycles. The van der Waals surface area contributed by atoms with Gasteiger partial charge in [0.15, 0.2) is 0 Å². The molecule has 0 aromatic rings. The lowest BCUT2D eigenvalue weighted by molar-refractivity contribution is 0.516. The lowest BCUT2D eigenvalue weighted by Gasteiger charge is -2.22. The summed E-state index contributed by atoms with van der Waals surface area (Å²) < 4.78 is 0. The van der Waals surface area contributed by atoms with Crippen molar-refractivity contribution in [1.82, 2.24) is 5.32 Å². The van der Waals surface area contributed by atoms with E-state index in [0.29, 0.717) is 11.6 Å². The number of hydrogen-bond donors (Lipinski definition) is 2. The summed E-state index contributed by atoms with van der Waals surface area (Å²) in [5.41, 5.74) is 1.70. The molecule has 23 heavy (non-hydrogen) atoms. The van der Waals surface area contributed by atoms with Gasteiger partial charge < -0.3 is 10.7 Å². The molecule has 0 aromatic heterocycles. The minimum absolute atomic E-state index is 0.0672. The highest BCUT2D eigenvalue weighted by molar-refractivity contribution is 8.03. The number of nitrogens with zero attached hydrogens (tertiary/aromatic N) is 2. The van der Waals surface area contributed by atoms with Gasteiger partial charge in [0.25, 0.3) is 0 Å². The molecule has 0 aromatic carbocycles. The molecule has 0 aliphatic carbocycles. The third-order valence-electron chi connectivity index (χ3n) is 4.59. The fraction of sp³-hybridized carbons (Fsp3) is 0.611. The van der Waals surface area contributed by atoms with Crippen LogP contribution in [0.15, 0.2) is 28.1 Å². The molecule has 124 valence electrons. The van der Waals surface area contributed by atoms with Crippen LogP contribution < -0.4 is 5.32 Å². The smallest absolute Gasteiger partial charge is 0.125 e. The van der Waals surface area contributed by atoms with Crippen molar-refractivity contribution in [3.63, 3.8) is 0 Å². The van der Waals surface area contributed by atoms with Crippen molar-refractivity contribution in [3.8, 4) is 6.07 Å². The van der Waals surface area contributed by atoms with Crippen molar-refractivity contribution in [3.05, 3.63) is 23.1 Å². The first-order valence-corrected chi connectivity index (χ1v) is 9.29. The van der Waals surface area contributed by atoms with Gasteiger partial charge in [0.1, 0.15) is 5.84 Å². The number of thioether (sulfide) groups is 1. The van der Waals surface area contributed by atoms with Crippen LogP contribution in [0, 0.1) is 28.6 Å². The largest absolute Gasteiger partial charge is 0.365 e. The molecule has 2 aliphatic rings. The predicted octanol–water partition coefficient (Wildman–Crippen LogP) is 3.92. The zero-order valence-corrected chi connectivity index (χ0v) is 15.2. The van der Waals surface area contributed by atoms with E-state index in [1.807, 2.05) is 17.6 Å². The molecule has 2 aliphatic heterocycles. The molecule has 0 saturated heterocycles. The fourth-order valence-corrected chi connectivity index (χ4v) is 4.50. The summed E-state index contributed by atoms with van der Waals surface area (Å²) in [6.07, 6.45) is 6.00. The Balaban J connectivity index is 2.29. The van der Waals surface area contributed by atoms with E-state index in [-0.39, 0.29) is 23.3 Å². The molecular formula is C18H26N4S. The van der Waals surface area contributed by atoms with Gasteiger partial charge >= 0.3 is 0 Å². The minimum atomic E-state index is -0.0672. The molecule has 0 spiro atoms. The maximum absolute atomic E-state index is 9.32. The van der Waals surface area contributed by atoms with Gasteiger partial charge in [-0.15, -0.1) is 11.8 Å². The molecule has 2 heterocycles. The number of hydrogen-bond acceptors (Lipinski definition) is 5. The predicted molar refractivity (Wildman–Crippen MR) is 99.0 cm³/mol. The van der Waals surface area contributed by atoms with Gasteiger partial charge in [-0.2, -0.15) is 5.26 Å². The highest BCUT2D eigenvalue weighted by Crippen LogP contribution is 2.36. The van der Waals surface area contributed by atoms with E-state index in [1.165, 1.54) is 0 Å². The van der Waals surface area contributed by atoms with Crippen LogP contribution in [0.3, 0.4) is 0 Å². The lowest BCUT2D eigenvalue weighted by Crippen LogP contribution is -2.39. The summed E-state index contributed by atoms with van der Waals surface area (Å²) >= 11 is 1.71. The van der Waals surface area contributed by atoms with E-state index in [2.05, 4.69) is 32.2 Å². The Morgan fingerprint density at radius 3 is 2.78 bits per heavy atom. The summed E-state index contributed by atoms with van der Waals surface area (Å²) in [5.74, 6) is 1.27. The van der Waals surface area contributed by atoms with Gasteiger partial charge in [-0.1, -0.05) is 19.9 Å². The summed E-state index contributed by atoms with van der Waals surface area (Å²) in [6.45, 7) is 8.30. The third kappa shape index (κ3) is 3.87. The molecule has 0 amide bonds. The van der Waals surface area contributed by atoms with Gasteiger partial charge in [0.2, 0.25) is 0 Å². The normalized spacial score (nSPS) is 30.3. The molecule has 2 rings (SSSR count). The van der Waals surface area contributed by atoms with Crippen LogP contribution in [0.1, 0.15) is 40.5 Å². The Morgan fingerprint density at radius 1 is 1.52 bits per heavy atom. The Hall–Kier alpha value is -1.54. The summed E-state index contributed by atoms with van der Waals surface area (Å²) in [7, 11) is 0. The maximum Gasteiger partial charge on any atom is 0.125 e. The van der Waals surface area contributed by atoms with E-state index < -0.39 is 0 Å². The van der Waals surface area contributed by atoms with Crippen LogP contribution in [0.2, 0.25) is 0 Å². The van der Waals surface area contributed by atoms with Crippen LogP contribution in [0.5, 0.6) is 0 Å². The van der Waals surface area contributed by atoms with Crippen LogP contribution in [-0.2, 0) is 0 Å². The Morgan fingerprint density at radius 2 is 2.22 bits per heavy atom. The minimum Gasteiger partial charge on any atom is -0.365 e. The second-order valence-corrected chi connectivity index (χ2v) is 7.37. The number of amidine groups is 1. The Bertz CT molecular complexity index is 580. The zero-order valence-electron chi connectivity index (χ0n) is 14.3. The Labute approximate surface area is 143 Å². The van der Waals surface area contributed by atoms with Gasteiger partial charge in [0.05, 0.1) is 23.3 Å². The molecule has 0 fully saturated rings. The van der Waals surface area contributed by atoms with Crippen molar-refractivity contribution in [1.29, 1.82) is 10.7 Å². The molecule has 4 nitrogen and oxygen atoms in total. The zero-order chi connectivity index (χ0) is 17.0. The first-order chi connectivity index (χ1) is 11.0. The highest BCUT2D eigenvalue weighted by Gasteiger charge is 2.39. The molecule has 4 atom stereocenters. The average Bonchev–Trinajstić information content (AvgIpc) is 3.12. The first kappa shape index (κ1) is 17.8. The van der Waals surface area contributed by atoms with Crippen molar-refractivity contribution >= 4 is 23.3 Å². The quantitative estimate of drug-likeness (QED) is 0.725. The monoisotopic (exact) mass is 330 g/mol. The number of aliphatic imine (C=N–C) groups is 1. The van der Waals surface area contributed by atoms with Gasteiger partial charge in [-0.25, -0.2) is 0 Å². The topological polar surface area (TPSA) is 72.0 Å². The average molecular weight is 331 g/mol. The summed E-state index contributed by atoms with van der Waals surface area (Å²) in [4.78, 5) is 4.95. The molecule has 0 radical (unpaired) electrons. The molecule has 0 bridgehead atoms. The summed E-state index contributed by atoms with van der Waals surface area (Å²) in [5, 5.41) is 22.9. The van der Waals surface area contributed by atoms with Gasteiger partial charge in [-0.05, 0) is 49.7 Å². The molecule has 4 unspecified atom stereocenters. The van der Waals surface area contributed by atoms with Crippen LogP contribution in [0.25, 0.3) is 0 Å². The van der Waals surface area contributed by atoms with Crippen molar-refractivity contribution < 1.29 is 0 Å². The van der Waals surface area contributed by atoms with E-state index in [4.69, 9.17) is 10.4 Å². The molecule has 2 N–H and O–H groups in total. The van der Waals surface area contributed by atoms with E-state index in [0.717, 1.165) is 24.3 Å². The Kier molecular flexibility index (Phi) is 6.06. The van der Waals surface area contributed by atoms with E-state index in [1.54, 1.807) is 18.7 Å². The highest BCUT2D eigenvalue weighted by atomic mass is 32.2. The van der Waals surface area contributed by atoms with E-state index in [9.17, 15) is 5.26 Å². The number of nitrogens with one attached hydrogen (secondary N) is 2. The fourth-order valence-electron chi connectivity index (χ4n) is 3.28. The van der Waals surface area contributed by atoms with Crippen molar-refractivity contribution in [2.75, 3.05) is 0 Å².